The average Bonchev–Trinajstić information content (AvgIpc) is 2.37. The van der Waals surface area contributed by atoms with Crippen LogP contribution in [0.3, 0.4) is 0 Å². The zero-order chi connectivity index (χ0) is 14.3. The van der Waals surface area contributed by atoms with Crippen LogP contribution in [0, 0.1) is 0 Å². The first-order chi connectivity index (χ1) is 8.95. The fraction of sp³-hybridized carbons (Fsp3) is 0.571. The molecule has 0 aliphatic heterocycles. The molecule has 1 aromatic carbocycles. The van der Waals surface area contributed by atoms with Crippen molar-refractivity contribution in [2.45, 2.75) is 51.1 Å². The van der Waals surface area contributed by atoms with Crippen molar-refractivity contribution in [3.8, 4) is 0 Å². The molecule has 4 nitrogen and oxygen atoms in total. The number of rotatable bonds is 8. The van der Waals surface area contributed by atoms with E-state index >= 15 is 0 Å². The zero-order valence-electron chi connectivity index (χ0n) is 11.9. The van der Waals surface area contributed by atoms with Crippen LogP contribution in [-0.4, -0.2) is 21.0 Å². The van der Waals surface area contributed by atoms with Gasteiger partial charge in [0.2, 0.25) is 10.0 Å². The first kappa shape index (κ1) is 16.1. The maximum Gasteiger partial charge on any atom is 0.240 e. The summed E-state index contributed by atoms with van der Waals surface area (Å²) in [6.07, 6.45) is 1.83. The van der Waals surface area contributed by atoms with E-state index < -0.39 is 10.0 Å². The number of sulfonamides is 1. The van der Waals surface area contributed by atoms with Crippen molar-refractivity contribution in [1.29, 1.82) is 0 Å². The quantitative estimate of drug-likeness (QED) is 0.720. The van der Waals surface area contributed by atoms with Crippen LogP contribution >= 0.6 is 0 Å². The molecule has 108 valence electrons. The molecular formula is C14H24N2O2S. The van der Waals surface area contributed by atoms with Gasteiger partial charge in [0.15, 0.2) is 0 Å². The Morgan fingerprint density at radius 1 is 1.26 bits per heavy atom. The Bertz CT molecular complexity index is 484. The second-order valence-corrected chi connectivity index (χ2v) is 6.70. The molecule has 0 fully saturated rings. The van der Waals surface area contributed by atoms with Crippen molar-refractivity contribution in [1.82, 2.24) is 10.0 Å². The van der Waals surface area contributed by atoms with Gasteiger partial charge < -0.3 is 5.32 Å². The smallest absolute Gasteiger partial charge is 0.240 e. The molecule has 0 bridgehead atoms. The van der Waals surface area contributed by atoms with Gasteiger partial charge in [-0.05, 0) is 24.1 Å². The Kier molecular flexibility index (Phi) is 6.48. The second-order valence-electron chi connectivity index (χ2n) is 4.93. The van der Waals surface area contributed by atoms with E-state index in [-0.39, 0.29) is 0 Å². The van der Waals surface area contributed by atoms with Crippen molar-refractivity contribution in [2.75, 3.05) is 6.54 Å². The Hall–Kier alpha value is -0.910. The molecule has 1 aromatic rings. The van der Waals surface area contributed by atoms with Crippen LogP contribution in [0.15, 0.2) is 29.2 Å². The van der Waals surface area contributed by atoms with Gasteiger partial charge >= 0.3 is 0 Å². The van der Waals surface area contributed by atoms with E-state index in [1.165, 1.54) is 0 Å². The molecule has 0 unspecified atom stereocenters. The van der Waals surface area contributed by atoms with E-state index in [1.54, 1.807) is 18.2 Å². The summed E-state index contributed by atoms with van der Waals surface area (Å²) < 4.78 is 26.8. The maximum absolute atomic E-state index is 12.1. The van der Waals surface area contributed by atoms with Gasteiger partial charge in [-0.2, -0.15) is 0 Å². The standard InChI is InChI=1S/C14H24N2O2S/c1-4-5-9-16-19(17,18)14-8-6-7-13(10-14)11-15-12(2)3/h6-8,10,12,15-16H,4-5,9,11H2,1-3H3. The van der Waals surface area contributed by atoms with Gasteiger partial charge in [0, 0.05) is 19.1 Å². The highest BCUT2D eigenvalue weighted by atomic mass is 32.2. The summed E-state index contributed by atoms with van der Waals surface area (Å²) in [4.78, 5) is 0.339. The van der Waals surface area contributed by atoms with Crippen LogP contribution in [-0.2, 0) is 16.6 Å². The molecule has 0 spiro atoms. The Morgan fingerprint density at radius 2 is 2.00 bits per heavy atom. The van der Waals surface area contributed by atoms with Crippen molar-refractivity contribution in [3.05, 3.63) is 29.8 Å². The van der Waals surface area contributed by atoms with E-state index in [0.29, 0.717) is 24.0 Å². The SMILES string of the molecule is CCCCNS(=O)(=O)c1cccc(CNC(C)C)c1. The molecule has 0 amide bonds. The third-order valence-corrected chi connectivity index (χ3v) is 4.20. The van der Waals surface area contributed by atoms with Crippen molar-refractivity contribution in [3.63, 3.8) is 0 Å². The van der Waals surface area contributed by atoms with Crippen LogP contribution < -0.4 is 10.0 Å². The van der Waals surface area contributed by atoms with E-state index in [9.17, 15) is 8.42 Å². The predicted molar refractivity (Wildman–Crippen MR) is 78.5 cm³/mol. The van der Waals surface area contributed by atoms with Crippen molar-refractivity contribution < 1.29 is 8.42 Å². The lowest BCUT2D eigenvalue weighted by molar-refractivity contribution is 0.576. The fourth-order valence-electron chi connectivity index (χ4n) is 1.61. The van der Waals surface area contributed by atoms with Crippen LogP contribution in [0.4, 0.5) is 0 Å². The van der Waals surface area contributed by atoms with Crippen molar-refractivity contribution >= 4 is 10.0 Å². The lowest BCUT2D eigenvalue weighted by atomic mass is 10.2. The van der Waals surface area contributed by atoms with Gasteiger partial charge in [0.25, 0.3) is 0 Å². The highest BCUT2D eigenvalue weighted by Gasteiger charge is 2.13. The third kappa shape index (κ3) is 5.72. The number of nitrogens with one attached hydrogen (secondary N) is 2. The first-order valence-electron chi connectivity index (χ1n) is 6.77. The normalized spacial score (nSPS) is 12.0. The summed E-state index contributed by atoms with van der Waals surface area (Å²) in [5.41, 5.74) is 0.979. The van der Waals surface area contributed by atoms with Gasteiger partial charge in [-0.25, -0.2) is 13.1 Å². The van der Waals surface area contributed by atoms with E-state index in [1.807, 2.05) is 13.0 Å². The molecule has 0 atom stereocenters. The Labute approximate surface area is 116 Å². The lowest BCUT2D eigenvalue weighted by Gasteiger charge is -2.10. The molecule has 1 rings (SSSR count). The van der Waals surface area contributed by atoms with Crippen molar-refractivity contribution in [2.24, 2.45) is 0 Å². The minimum Gasteiger partial charge on any atom is -0.310 e. The monoisotopic (exact) mass is 284 g/mol. The Morgan fingerprint density at radius 3 is 2.63 bits per heavy atom. The molecule has 0 heterocycles. The fourth-order valence-corrected chi connectivity index (χ4v) is 2.76. The predicted octanol–water partition coefficient (Wildman–Crippen LogP) is 2.26. The van der Waals surface area contributed by atoms with Gasteiger partial charge in [-0.15, -0.1) is 0 Å². The minimum atomic E-state index is -3.37. The molecule has 5 heteroatoms. The van der Waals surface area contributed by atoms with Gasteiger partial charge in [-0.1, -0.05) is 39.3 Å². The summed E-state index contributed by atoms with van der Waals surface area (Å²) in [5.74, 6) is 0. The van der Waals surface area contributed by atoms with E-state index in [2.05, 4.69) is 23.9 Å². The minimum absolute atomic E-state index is 0.339. The molecule has 0 saturated heterocycles. The summed E-state index contributed by atoms with van der Waals surface area (Å²) in [5, 5.41) is 3.28. The highest BCUT2D eigenvalue weighted by Crippen LogP contribution is 2.11. The van der Waals surface area contributed by atoms with Crippen LogP contribution in [0.25, 0.3) is 0 Å². The zero-order valence-corrected chi connectivity index (χ0v) is 12.8. The van der Waals surface area contributed by atoms with Crippen LogP contribution in [0.2, 0.25) is 0 Å². The average molecular weight is 284 g/mol. The van der Waals surface area contributed by atoms with Crippen LogP contribution in [0.1, 0.15) is 39.2 Å². The van der Waals surface area contributed by atoms with Gasteiger partial charge in [-0.3, -0.25) is 0 Å². The first-order valence-corrected chi connectivity index (χ1v) is 8.26. The van der Waals surface area contributed by atoms with E-state index in [0.717, 1.165) is 18.4 Å². The molecule has 0 aliphatic rings. The summed E-state index contributed by atoms with van der Waals surface area (Å²) in [7, 11) is -3.37. The Balaban J connectivity index is 2.74. The molecule has 0 aromatic heterocycles. The summed E-state index contributed by atoms with van der Waals surface area (Å²) >= 11 is 0. The number of benzene rings is 1. The molecule has 0 aliphatic carbocycles. The largest absolute Gasteiger partial charge is 0.310 e. The maximum atomic E-state index is 12.1. The number of hydrogen-bond acceptors (Lipinski definition) is 3. The number of unbranched alkanes of at least 4 members (excludes halogenated alkanes) is 1. The van der Waals surface area contributed by atoms with Gasteiger partial charge in [0.05, 0.1) is 4.90 Å². The van der Waals surface area contributed by atoms with Crippen LogP contribution in [0.5, 0.6) is 0 Å². The third-order valence-electron chi connectivity index (χ3n) is 2.75. The lowest BCUT2D eigenvalue weighted by Crippen LogP contribution is -2.25. The molecule has 0 saturated carbocycles. The van der Waals surface area contributed by atoms with Gasteiger partial charge in [0.1, 0.15) is 0 Å². The molecule has 19 heavy (non-hydrogen) atoms. The second kappa shape index (κ2) is 7.62. The topological polar surface area (TPSA) is 58.2 Å². The molecule has 0 radical (unpaired) electrons. The highest BCUT2D eigenvalue weighted by molar-refractivity contribution is 7.89. The number of hydrogen-bond donors (Lipinski definition) is 2. The molecule has 2 N–H and O–H groups in total. The summed E-state index contributed by atoms with van der Waals surface area (Å²) in [6.45, 7) is 7.33. The van der Waals surface area contributed by atoms with E-state index in [4.69, 9.17) is 0 Å². The molecular weight excluding hydrogens is 260 g/mol. The summed E-state index contributed by atoms with van der Waals surface area (Å²) in [6, 6.07) is 7.45.